The van der Waals surface area contributed by atoms with Crippen LogP contribution in [0.3, 0.4) is 0 Å². The number of carbonyl (C=O) groups is 1. The van der Waals surface area contributed by atoms with Gasteiger partial charge in [-0.1, -0.05) is 12.6 Å². The van der Waals surface area contributed by atoms with Crippen molar-refractivity contribution in [3.63, 3.8) is 0 Å². The molecule has 0 atom stereocenters. The molecule has 0 spiro atoms. The molecule has 8 nitrogen and oxygen atoms in total. The van der Waals surface area contributed by atoms with Gasteiger partial charge in [0.05, 0.1) is 23.7 Å². The van der Waals surface area contributed by atoms with E-state index in [-0.39, 0.29) is 34.9 Å². The van der Waals surface area contributed by atoms with Gasteiger partial charge in [-0.2, -0.15) is 4.98 Å². The van der Waals surface area contributed by atoms with Gasteiger partial charge in [0.2, 0.25) is 11.9 Å². The molecule has 0 aliphatic rings. The number of aromatic nitrogens is 2. The van der Waals surface area contributed by atoms with Crippen LogP contribution in [0.1, 0.15) is 11.0 Å². The van der Waals surface area contributed by atoms with Crippen LogP contribution < -0.4 is 20.7 Å². The van der Waals surface area contributed by atoms with Gasteiger partial charge in [0.15, 0.2) is 11.6 Å². The zero-order valence-corrected chi connectivity index (χ0v) is 15.9. The highest BCUT2D eigenvalue weighted by Gasteiger charge is 2.09. The number of nitrogens with zero attached hydrogens (tertiary/aromatic N) is 2. The van der Waals surface area contributed by atoms with E-state index in [0.29, 0.717) is 5.69 Å². The lowest BCUT2D eigenvalue weighted by Gasteiger charge is -2.11. The highest BCUT2D eigenvalue weighted by Crippen LogP contribution is 2.23. The number of nitrogens with one attached hydrogen (secondary N) is 3. The predicted molar refractivity (Wildman–Crippen MR) is 118 cm³/mol. The van der Waals surface area contributed by atoms with Gasteiger partial charge in [0.1, 0.15) is 12.3 Å². The lowest BCUT2D eigenvalue weighted by atomic mass is 10.2. The lowest BCUT2D eigenvalue weighted by Crippen LogP contribution is -2.07. The third-order valence-electron chi connectivity index (χ3n) is 3.61. The highest BCUT2D eigenvalue weighted by molar-refractivity contribution is 5.99. The zero-order chi connectivity index (χ0) is 29.0. The Morgan fingerprint density at radius 1 is 1.23 bits per heavy atom. The fourth-order valence-electron chi connectivity index (χ4n) is 2.28. The number of hydrogen-bond donors (Lipinski definition) is 3. The first-order chi connectivity index (χ1) is 18.1. The number of hydrogen-bond acceptors (Lipinski definition) is 7. The van der Waals surface area contributed by atoms with E-state index in [9.17, 15) is 9.18 Å². The average molecular weight is 431 g/mol. The number of benzene rings is 2. The largest absolute Gasteiger partial charge is 0.491 e. The minimum absolute atomic E-state index is 0.0482. The van der Waals surface area contributed by atoms with Gasteiger partial charge in [0, 0.05) is 24.1 Å². The number of methoxy groups -OCH3 is 1. The molecular formula is C22H22FN5O3. The molecule has 1 heterocycles. The van der Waals surface area contributed by atoms with Crippen molar-refractivity contribution in [2.75, 3.05) is 36.1 Å². The molecule has 2 aromatic carbocycles. The summed E-state index contributed by atoms with van der Waals surface area (Å²) >= 11 is 0. The summed E-state index contributed by atoms with van der Waals surface area (Å²) < 4.78 is 83.5. The maximum atomic E-state index is 14.4. The summed E-state index contributed by atoms with van der Waals surface area (Å²) in [5, 5.41) is 7.96. The van der Waals surface area contributed by atoms with Gasteiger partial charge < -0.3 is 25.4 Å². The molecular weight excluding hydrogens is 401 g/mol. The van der Waals surface area contributed by atoms with Gasteiger partial charge in [0.25, 0.3) is 0 Å². The zero-order valence-electron chi connectivity index (χ0n) is 23.9. The third kappa shape index (κ3) is 6.51. The second kappa shape index (κ2) is 10.7. The molecule has 0 saturated carbocycles. The Morgan fingerprint density at radius 2 is 2.03 bits per heavy atom. The maximum Gasteiger partial charge on any atom is 0.247 e. The molecule has 0 fully saturated rings. The van der Waals surface area contributed by atoms with Crippen molar-refractivity contribution in [2.45, 2.75) is 0 Å². The van der Waals surface area contributed by atoms with Crippen LogP contribution in [0.15, 0.2) is 67.4 Å². The molecule has 3 N–H and O–H groups in total. The third-order valence-corrected chi connectivity index (χ3v) is 3.61. The van der Waals surface area contributed by atoms with Crippen LogP contribution in [-0.2, 0) is 9.53 Å². The van der Waals surface area contributed by atoms with Gasteiger partial charge in [-0.25, -0.2) is 9.37 Å². The van der Waals surface area contributed by atoms with Crippen molar-refractivity contribution in [3.05, 3.63) is 73.2 Å². The number of amides is 1. The Labute approximate surface area is 190 Å². The molecule has 1 amide bonds. The topological polar surface area (TPSA) is 97.4 Å². The minimum Gasteiger partial charge on any atom is -0.491 e. The molecule has 31 heavy (non-hydrogen) atoms. The maximum absolute atomic E-state index is 14.4. The van der Waals surface area contributed by atoms with Crippen LogP contribution in [-0.4, -0.2) is 36.0 Å². The average Bonchev–Trinajstić information content (AvgIpc) is 2.83. The Hall–Kier alpha value is -3.98. The Bertz CT molecular complexity index is 1360. The molecule has 0 aliphatic carbocycles. The fourth-order valence-corrected chi connectivity index (χ4v) is 2.28. The highest BCUT2D eigenvalue weighted by atomic mass is 19.1. The summed E-state index contributed by atoms with van der Waals surface area (Å²) in [7, 11) is -3.19. The van der Waals surface area contributed by atoms with Crippen molar-refractivity contribution in [3.8, 4) is 5.75 Å². The monoisotopic (exact) mass is 431 g/mol. The number of anilines is 5. The normalized spacial score (nSPS) is 15.4. The number of halogens is 1. The summed E-state index contributed by atoms with van der Waals surface area (Å²) in [4.78, 5) is 19.5. The van der Waals surface area contributed by atoms with Crippen LogP contribution in [0.25, 0.3) is 0 Å². The second-order valence-corrected chi connectivity index (χ2v) is 5.74. The van der Waals surface area contributed by atoms with Crippen LogP contribution in [0.4, 0.5) is 33.2 Å². The van der Waals surface area contributed by atoms with E-state index in [1.807, 2.05) is 0 Å². The van der Waals surface area contributed by atoms with Crippen molar-refractivity contribution in [2.24, 2.45) is 0 Å². The van der Waals surface area contributed by atoms with Crippen LogP contribution in [0.5, 0.6) is 5.75 Å². The molecule has 0 radical (unpaired) electrons. The first kappa shape index (κ1) is 13.3. The molecule has 9 heteroatoms. The Balaban J connectivity index is 1.73. The summed E-state index contributed by atoms with van der Waals surface area (Å²) in [5.74, 6) is -1.79. The molecule has 0 aliphatic heterocycles. The Kier molecular flexibility index (Phi) is 4.61. The van der Waals surface area contributed by atoms with E-state index in [1.165, 1.54) is 36.4 Å². The van der Waals surface area contributed by atoms with Crippen molar-refractivity contribution in [1.29, 1.82) is 0 Å². The summed E-state index contributed by atoms with van der Waals surface area (Å²) in [6.07, 6.45) is 1.94. The molecule has 1 aromatic heterocycles. The standard InChI is InChI=1S/C22H22FN5O3/c1-3-20(29)25-16-5-4-6-17(13-16)26-21-19(23)14-24-22(28-21)27-15-7-9-18(10-8-15)31-12-11-30-2/h3-10,13-14H,1,11-12H2,2H3,(H,25,29)(H2,24,26,27,28)/i2D3,11D2,12D2,13D. The van der Waals surface area contributed by atoms with Gasteiger partial charge in [-0.05, 0) is 48.5 Å². The van der Waals surface area contributed by atoms with E-state index < -0.39 is 31.9 Å². The lowest BCUT2D eigenvalue weighted by molar-refractivity contribution is -0.111. The molecule has 0 bridgehead atoms. The smallest absolute Gasteiger partial charge is 0.247 e. The van der Waals surface area contributed by atoms with Crippen molar-refractivity contribution < 1.29 is 29.6 Å². The first-order valence-corrected chi connectivity index (χ1v) is 8.69. The number of rotatable bonds is 10. The summed E-state index contributed by atoms with van der Waals surface area (Å²) in [5.41, 5.74) is 0.679. The Morgan fingerprint density at radius 3 is 2.81 bits per heavy atom. The van der Waals surface area contributed by atoms with E-state index in [2.05, 4.69) is 37.2 Å². The summed E-state index contributed by atoms with van der Waals surface area (Å²) in [6, 6.07) is 9.74. The van der Waals surface area contributed by atoms with Crippen molar-refractivity contribution in [1.82, 2.24) is 9.97 Å². The van der Waals surface area contributed by atoms with Crippen LogP contribution >= 0.6 is 0 Å². The molecule has 0 unspecified atom stereocenters. The molecule has 0 saturated heterocycles. The van der Waals surface area contributed by atoms with E-state index >= 15 is 0 Å². The molecule has 160 valence electrons. The summed E-state index contributed by atoms with van der Waals surface area (Å²) in [6.45, 7) is -3.10. The SMILES string of the molecule is [2H]c1c(NC(=O)C=C)cccc1Nc1nc(Nc2ccc(OC([2H])([2H])C([2H])([2H])OC([2H])([2H])[2H])cc2)ncc1F. The first-order valence-electron chi connectivity index (χ1n) is 12.7. The quantitative estimate of drug-likeness (QED) is 0.413. The van der Waals surface area contributed by atoms with Gasteiger partial charge >= 0.3 is 0 Å². The van der Waals surface area contributed by atoms with E-state index in [4.69, 9.17) is 15.7 Å². The molecule has 3 rings (SSSR count). The number of carbonyl (C=O) groups excluding carboxylic acids is 1. The fraction of sp³-hybridized carbons (Fsp3) is 0.136. The van der Waals surface area contributed by atoms with Gasteiger partial charge in [-0.15, -0.1) is 0 Å². The minimum atomic E-state index is -3.30. The number of ether oxygens (including phenoxy) is 2. The van der Waals surface area contributed by atoms with E-state index in [1.54, 1.807) is 6.07 Å². The van der Waals surface area contributed by atoms with Crippen LogP contribution in [0, 0.1) is 5.82 Å². The van der Waals surface area contributed by atoms with Crippen molar-refractivity contribution >= 4 is 34.7 Å². The predicted octanol–water partition coefficient (Wildman–Crippen LogP) is 4.25. The van der Waals surface area contributed by atoms with Crippen LogP contribution in [0.2, 0.25) is 0 Å². The second-order valence-electron chi connectivity index (χ2n) is 5.74. The van der Waals surface area contributed by atoms with E-state index in [0.717, 1.165) is 12.3 Å². The van der Waals surface area contributed by atoms with Gasteiger partial charge in [-0.3, -0.25) is 4.79 Å². The molecule has 3 aromatic rings.